The molecule has 2 aromatic rings. The molecule has 0 aromatic heterocycles. The summed E-state index contributed by atoms with van der Waals surface area (Å²) >= 11 is 0. The summed E-state index contributed by atoms with van der Waals surface area (Å²) in [4.78, 5) is 12.4. The van der Waals surface area contributed by atoms with Gasteiger partial charge in [-0.2, -0.15) is 0 Å². The van der Waals surface area contributed by atoms with Gasteiger partial charge >= 0.3 is 0 Å². The molecule has 2 heteroatoms. The Morgan fingerprint density at radius 1 is 0.913 bits per heavy atom. The summed E-state index contributed by atoms with van der Waals surface area (Å²) in [6.07, 6.45) is 3.05. The van der Waals surface area contributed by atoms with E-state index in [1.165, 1.54) is 5.56 Å². The van der Waals surface area contributed by atoms with Gasteiger partial charge in [0, 0.05) is 17.5 Å². The lowest BCUT2D eigenvalue weighted by molar-refractivity contribution is -0.0744. The lowest BCUT2D eigenvalue weighted by Crippen LogP contribution is -2.31. The molecule has 1 aliphatic heterocycles. The van der Waals surface area contributed by atoms with Gasteiger partial charge in [0.1, 0.15) is 0 Å². The second-order valence-electron chi connectivity index (χ2n) is 7.38. The first-order valence-electron chi connectivity index (χ1n) is 8.26. The molecule has 1 heterocycles. The van der Waals surface area contributed by atoms with Crippen molar-refractivity contribution in [1.29, 1.82) is 0 Å². The fourth-order valence-corrected chi connectivity index (χ4v) is 3.42. The minimum atomic E-state index is -0.103. The van der Waals surface area contributed by atoms with Crippen LogP contribution in [0.2, 0.25) is 0 Å². The predicted octanol–water partition coefficient (Wildman–Crippen LogP) is 4.81. The maximum atomic E-state index is 12.4. The number of carbonyl (C=O) groups excluding carboxylic acids is 1. The van der Waals surface area contributed by atoms with Crippen LogP contribution in [-0.2, 0) is 11.2 Å². The van der Waals surface area contributed by atoms with Crippen LogP contribution in [0.5, 0.6) is 0 Å². The van der Waals surface area contributed by atoms with E-state index in [2.05, 4.69) is 32.9 Å². The fraction of sp³-hybridized carbons (Fsp3) is 0.381. The van der Waals surface area contributed by atoms with Crippen LogP contribution in [-0.4, -0.2) is 17.0 Å². The van der Waals surface area contributed by atoms with Gasteiger partial charge in [0.2, 0.25) is 0 Å². The van der Waals surface area contributed by atoms with E-state index in [1.54, 1.807) is 0 Å². The van der Waals surface area contributed by atoms with Crippen LogP contribution in [0.1, 0.15) is 55.1 Å². The van der Waals surface area contributed by atoms with E-state index < -0.39 is 0 Å². The fourth-order valence-electron chi connectivity index (χ4n) is 3.42. The van der Waals surface area contributed by atoms with Crippen LogP contribution in [0.15, 0.2) is 54.6 Å². The van der Waals surface area contributed by atoms with Crippen molar-refractivity contribution in [1.82, 2.24) is 0 Å². The first kappa shape index (κ1) is 15.9. The summed E-state index contributed by atoms with van der Waals surface area (Å²) in [6, 6.07) is 17.4. The van der Waals surface area contributed by atoms with E-state index in [9.17, 15) is 4.79 Å². The summed E-state index contributed by atoms with van der Waals surface area (Å²) in [5, 5.41) is 0. The minimum Gasteiger partial charge on any atom is -0.369 e. The van der Waals surface area contributed by atoms with Crippen LogP contribution in [0.4, 0.5) is 0 Å². The van der Waals surface area contributed by atoms with E-state index in [1.807, 2.05) is 42.5 Å². The van der Waals surface area contributed by atoms with Gasteiger partial charge < -0.3 is 4.74 Å². The molecule has 0 N–H and O–H groups in total. The Morgan fingerprint density at radius 2 is 1.52 bits per heavy atom. The predicted molar refractivity (Wildman–Crippen MR) is 92.8 cm³/mol. The number of carbonyl (C=O) groups is 1. The molecule has 1 atom stereocenters. The third-order valence-corrected chi connectivity index (χ3v) is 4.61. The molecule has 1 aliphatic rings. The van der Waals surface area contributed by atoms with Crippen LogP contribution >= 0.6 is 0 Å². The standard InChI is InChI=1S/C21H24O2/c1-20(2)13-14-21(3,23-20)15-16-9-11-18(12-10-16)19(22)17-7-5-4-6-8-17/h4-12H,13-15H2,1-3H3/t21-/m0/s1. The van der Waals surface area contributed by atoms with Gasteiger partial charge in [0.05, 0.1) is 11.2 Å². The Kier molecular flexibility index (Phi) is 4.11. The van der Waals surface area contributed by atoms with E-state index in [-0.39, 0.29) is 17.0 Å². The molecule has 2 aromatic carbocycles. The van der Waals surface area contributed by atoms with Crippen LogP contribution < -0.4 is 0 Å². The lowest BCUT2D eigenvalue weighted by atomic mass is 9.91. The van der Waals surface area contributed by atoms with Gasteiger partial charge in [-0.1, -0.05) is 54.6 Å². The maximum absolute atomic E-state index is 12.4. The Hall–Kier alpha value is -1.93. The number of ketones is 1. The quantitative estimate of drug-likeness (QED) is 0.758. The summed E-state index contributed by atoms with van der Waals surface area (Å²) in [5.74, 6) is 0.0709. The molecule has 0 bridgehead atoms. The zero-order valence-electron chi connectivity index (χ0n) is 14.1. The molecule has 3 rings (SSSR count). The maximum Gasteiger partial charge on any atom is 0.193 e. The second-order valence-corrected chi connectivity index (χ2v) is 7.38. The molecule has 0 saturated carbocycles. The highest BCUT2D eigenvalue weighted by Crippen LogP contribution is 2.39. The highest BCUT2D eigenvalue weighted by atomic mass is 16.5. The van der Waals surface area contributed by atoms with Crippen molar-refractivity contribution in [3.63, 3.8) is 0 Å². The van der Waals surface area contributed by atoms with Gasteiger partial charge in [0.25, 0.3) is 0 Å². The molecule has 2 nitrogen and oxygen atoms in total. The SMILES string of the molecule is CC1(C)CC[C@@](C)(Cc2ccc(C(=O)c3ccccc3)cc2)O1. The van der Waals surface area contributed by atoms with Gasteiger partial charge in [-0.15, -0.1) is 0 Å². The smallest absolute Gasteiger partial charge is 0.193 e. The third-order valence-electron chi connectivity index (χ3n) is 4.61. The number of hydrogen-bond donors (Lipinski definition) is 0. The van der Waals surface area contributed by atoms with Crippen molar-refractivity contribution in [2.75, 3.05) is 0 Å². The van der Waals surface area contributed by atoms with Gasteiger partial charge in [0.15, 0.2) is 5.78 Å². The van der Waals surface area contributed by atoms with Crippen molar-refractivity contribution >= 4 is 5.78 Å². The number of rotatable bonds is 4. The van der Waals surface area contributed by atoms with E-state index in [0.717, 1.165) is 30.4 Å². The highest BCUT2D eigenvalue weighted by molar-refractivity contribution is 6.08. The number of benzene rings is 2. The first-order chi connectivity index (χ1) is 10.9. The normalized spacial score (nSPS) is 22.9. The van der Waals surface area contributed by atoms with E-state index in [0.29, 0.717) is 0 Å². The summed E-state index contributed by atoms with van der Waals surface area (Å²) < 4.78 is 6.22. The van der Waals surface area contributed by atoms with Gasteiger partial charge in [-0.3, -0.25) is 4.79 Å². The molecule has 23 heavy (non-hydrogen) atoms. The monoisotopic (exact) mass is 308 g/mol. The van der Waals surface area contributed by atoms with Crippen molar-refractivity contribution in [3.05, 3.63) is 71.3 Å². The molecular weight excluding hydrogens is 284 g/mol. The molecule has 0 spiro atoms. The Morgan fingerprint density at radius 3 is 2.09 bits per heavy atom. The van der Waals surface area contributed by atoms with Crippen molar-refractivity contribution in [2.24, 2.45) is 0 Å². The third kappa shape index (κ3) is 3.70. The summed E-state index contributed by atoms with van der Waals surface area (Å²) in [7, 11) is 0. The molecule has 1 saturated heterocycles. The van der Waals surface area contributed by atoms with E-state index >= 15 is 0 Å². The topological polar surface area (TPSA) is 26.3 Å². The molecule has 120 valence electrons. The zero-order valence-corrected chi connectivity index (χ0v) is 14.1. The molecule has 1 fully saturated rings. The summed E-state index contributed by atoms with van der Waals surface area (Å²) in [5.41, 5.74) is 2.55. The Balaban J connectivity index is 1.72. The lowest BCUT2D eigenvalue weighted by Gasteiger charge is -2.28. The molecule has 0 aliphatic carbocycles. The second kappa shape index (κ2) is 5.93. The Bertz CT molecular complexity index is 686. The summed E-state index contributed by atoms with van der Waals surface area (Å²) in [6.45, 7) is 6.49. The van der Waals surface area contributed by atoms with E-state index in [4.69, 9.17) is 4.74 Å². The Labute approximate surface area is 138 Å². The van der Waals surface area contributed by atoms with Crippen LogP contribution in [0.25, 0.3) is 0 Å². The zero-order chi connectivity index (χ0) is 16.5. The van der Waals surface area contributed by atoms with Crippen LogP contribution in [0.3, 0.4) is 0 Å². The largest absolute Gasteiger partial charge is 0.369 e. The van der Waals surface area contributed by atoms with Gasteiger partial charge in [-0.05, 0) is 39.2 Å². The van der Waals surface area contributed by atoms with Crippen molar-refractivity contribution < 1.29 is 9.53 Å². The average Bonchev–Trinajstić information content (AvgIpc) is 2.81. The van der Waals surface area contributed by atoms with Gasteiger partial charge in [-0.25, -0.2) is 0 Å². The average molecular weight is 308 g/mol. The van der Waals surface area contributed by atoms with Crippen molar-refractivity contribution in [2.45, 2.75) is 51.2 Å². The van der Waals surface area contributed by atoms with Crippen molar-refractivity contribution in [3.8, 4) is 0 Å². The van der Waals surface area contributed by atoms with Crippen LogP contribution in [0, 0.1) is 0 Å². The molecule has 0 amide bonds. The molecule has 0 unspecified atom stereocenters. The molecule has 0 radical (unpaired) electrons. The highest BCUT2D eigenvalue weighted by Gasteiger charge is 2.40. The first-order valence-corrected chi connectivity index (χ1v) is 8.26. The number of hydrogen-bond acceptors (Lipinski definition) is 2. The minimum absolute atomic E-state index is 0.0298. The number of ether oxygens (including phenoxy) is 1. The molecular formula is C21H24O2.